The van der Waals surface area contributed by atoms with E-state index >= 15 is 0 Å². The van der Waals surface area contributed by atoms with Crippen molar-refractivity contribution >= 4 is 5.97 Å². The van der Waals surface area contributed by atoms with Gasteiger partial charge in [0, 0.05) is 0 Å². The van der Waals surface area contributed by atoms with E-state index in [2.05, 4.69) is 20.8 Å². The molecule has 0 heterocycles. The van der Waals surface area contributed by atoms with Gasteiger partial charge in [-0.3, -0.25) is 4.79 Å². The summed E-state index contributed by atoms with van der Waals surface area (Å²) in [5, 5.41) is 0. The van der Waals surface area contributed by atoms with Gasteiger partial charge in [-0.25, -0.2) is 0 Å². The molecule has 2 rings (SSSR count). The smallest absolute Gasteiger partial charge is 0.323 e. The molecule has 3 heteroatoms. The average molecular weight is 303 g/mol. The van der Waals surface area contributed by atoms with E-state index in [1.54, 1.807) is 0 Å². The van der Waals surface area contributed by atoms with E-state index in [1.165, 1.54) is 0 Å². The minimum absolute atomic E-state index is 0.269. The number of carbonyl (C=O) groups is 1. The molecule has 1 saturated carbocycles. The lowest BCUT2D eigenvalue weighted by atomic mass is 9.75. The summed E-state index contributed by atoms with van der Waals surface area (Å²) in [6.07, 6.45) is 4.69. The van der Waals surface area contributed by atoms with Gasteiger partial charge >= 0.3 is 5.97 Å². The fourth-order valence-electron chi connectivity index (χ4n) is 3.29. The van der Waals surface area contributed by atoms with E-state index in [-0.39, 0.29) is 11.6 Å². The van der Waals surface area contributed by atoms with Crippen LogP contribution in [0.5, 0.6) is 0 Å². The summed E-state index contributed by atoms with van der Waals surface area (Å²) in [7, 11) is 0. The molecule has 122 valence electrons. The average Bonchev–Trinajstić information content (AvgIpc) is 2.48. The van der Waals surface area contributed by atoms with Crippen molar-refractivity contribution in [3.05, 3.63) is 35.9 Å². The first-order chi connectivity index (χ1) is 10.4. The number of esters is 1. The molecule has 0 bridgehead atoms. The Labute approximate surface area is 134 Å². The number of ether oxygens (including phenoxy) is 1. The number of rotatable bonds is 5. The largest absolute Gasteiger partial charge is 0.458 e. The van der Waals surface area contributed by atoms with Crippen molar-refractivity contribution in [2.75, 3.05) is 0 Å². The van der Waals surface area contributed by atoms with E-state index < -0.39 is 6.04 Å². The van der Waals surface area contributed by atoms with Crippen LogP contribution >= 0.6 is 0 Å². The molecule has 1 aliphatic rings. The Bertz CT molecular complexity index is 475. The number of benzene rings is 1. The number of nitrogens with two attached hydrogens (primary N) is 1. The third kappa shape index (κ3) is 4.57. The highest BCUT2D eigenvalue weighted by Crippen LogP contribution is 2.37. The van der Waals surface area contributed by atoms with E-state index in [4.69, 9.17) is 10.5 Å². The normalized spacial score (nSPS) is 26.7. The van der Waals surface area contributed by atoms with Crippen LogP contribution in [0, 0.1) is 11.8 Å². The Hall–Kier alpha value is -1.35. The number of hydrogen-bond acceptors (Lipinski definition) is 3. The summed E-state index contributed by atoms with van der Waals surface area (Å²) in [5.41, 5.74) is 6.76. The predicted octanol–water partition coefficient (Wildman–Crippen LogP) is 3.70. The molecule has 0 amide bonds. The molecule has 0 radical (unpaired) electrons. The Kier molecular flexibility index (Phi) is 5.63. The summed E-state index contributed by atoms with van der Waals surface area (Å²) < 4.78 is 5.78. The highest BCUT2D eigenvalue weighted by molar-refractivity contribution is 5.76. The van der Waals surface area contributed by atoms with Gasteiger partial charge in [-0.1, -0.05) is 44.2 Å². The van der Waals surface area contributed by atoms with Gasteiger partial charge in [0.2, 0.25) is 0 Å². The van der Waals surface area contributed by atoms with Gasteiger partial charge < -0.3 is 10.5 Å². The van der Waals surface area contributed by atoms with E-state index in [9.17, 15) is 4.79 Å². The molecule has 1 aliphatic carbocycles. The molecular weight excluding hydrogens is 274 g/mol. The highest BCUT2D eigenvalue weighted by Gasteiger charge is 2.36. The quantitative estimate of drug-likeness (QED) is 0.844. The first-order valence-corrected chi connectivity index (χ1v) is 8.42. The van der Waals surface area contributed by atoms with E-state index in [1.807, 2.05) is 30.3 Å². The molecule has 0 unspecified atom stereocenters. The summed E-state index contributed by atoms with van der Waals surface area (Å²) >= 11 is 0. The zero-order valence-corrected chi connectivity index (χ0v) is 14.0. The molecule has 0 saturated heterocycles. The van der Waals surface area contributed by atoms with Crippen molar-refractivity contribution in [1.82, 2.24) is 0 Å². The minimum Gasteiger partial charge on any atom is -0.458 e. The summed E-state index contributed by atoms with van der Waals surface area (Å²) in [5.74, 6) is 1.19. The molecule has 0 aromatic heterocycles. The van der Waals surface area contributed by atoms with Crippen LogP contribution in [0.4, 0.5) is 0 Å². The fraction of sp³-hybridized carbons (Fsp3) is 0.632. The third-order valence-corrected chi connectivity index (χ3v) is 4.98. The van der Waals surface area contributed by atoms with Gasteiger partial charge in [-0.2, -0.15) is 0 Å². The molecule has 0 spiro atoms. The number of carbonyl (C=O) groups excluding carboxylic acids is 1. The molecular formula is C19H29NO2. The third-order valence-electron chi connectivity index (χ3n) is 4.98. The number of hydrogen-bond donors (Lipinski definition) is 1. The van der Waals surface area contributed by atoms with Crippen LogP contribution in [0.15, 0.2) is 30.3 Å². The monoisotopic (exact) mass is 303 g/mol. The van der Waals surface area contributed by atoms with Crippen LogP contribution in [-0.4, -0.2) is 17.6 Å². The summed E-state index contributed by atoms with van der Waals surface area (Å²) in [6.45, 7) is 6.60. The van der Waals surface area contributed by atoms with Crippen LogP contribution in [0.3, 0.4) is 0 Å². The van der Waals surface area contributed by atoms with Gasteiger partial charge in [0.1, 0.15) is 11.6 Å². The van der Waals surface area contributed by atoms with Gasteiger partial charge in [0.05, 0.1) is 0 Å². The lowest BCUT2D eigenvalue weighted by Crippen LogP contribution is -2.43. The predicted molar refractivity (Wildman–Crippen MR) is 89.4 cm³/mol. The molecule has 1 fully saturated rings. The lowest BCUT2D eigenvalue weighted by molar-refractivity contribution is -0.164. The molecule has 1 aromatic rings. The van der Waals surface area contributed by atoms with Crippen LogP contribution < -0.4 is 5.73 Å². The topological polar surface area (TPSA) is 52.3 Å². The van der Waals surface area contributed by atoms with Crippen molar-refractivity contribution in [1.29, 1.82) is 0 Å². The van der Waals surface area contributed by atoms with Crippen LogP contribution in [-0.2, 0) is 16.0 Å². The lowest BCUT2D eigenvalue weighted by Gasteiger charge is -2.38. The molecule has 0 aliphatic heterocycles. The summed E-state index contributed by atoms with van der Waals surface area (Å²) in [6, 6.07) is 9.28. The zero-order valence-electron chi connectivity index (χ0n) is 14.0. The van der Waals surface area contributed by atoms with Crippen molar-refractivity contribution in [2.24, 2.45) is 17.6 Å². The van der Waals surface area contributed by atoms with Crippen molar-refractivity contribution < 1.29 is 9.53 Å². The second kappa shape index (κ2) is 7.28. The SMILES string of the molecule is CC(C)C1CCC(C)(OC(=O)[C@@H](N)Cc2ccccc2)CC1. The van der Waals surface area contributed by atoms with Crippen molar-refractivity contribution in [3.63, 3.8) is 0 Å². The van der Waals surface area contributed by atoms with Gasteiger partial charge in [-0.05, 0) is 56.4 Å². The fourth-order valence-corrected chi connectivity index (χ4v) is 3.29. The molecule has 3 nitrogen and oxygen atoms in total. The maximum absolute atomic E-state index is 12.3. The second-order valence-corrected chi connectivity index (χ2v) is 7.25. The van der Waals surface area contributed by atoms with Crippen LogP contribution in [0.25, 0.3) is 0 Å². The van der Waals surface area contributed by atoms with Crippen LogP contribution in [0.1, 0.15) is 52.0 Å². The maximum atomic E-state index is 12.3. The van der Waals surface area contributed by atoms with Crippen molar-refractivity contribution in [3.8, 4) is 0 Å². The molecule has 1 aromatic carbocycles. The second-order valence-electron chi connectivity index (χ2n) is 7.25. The first kappa shape index (κ1) is 17.0. The molecule has 1 atom stereocenters. The maximum Gasteiger partial charge on any atom is 0.323 e. The van der Waals surface area contributed by atoms with Gasteiger partial charge in [0.25, 0.3) is 0 Å². The van der Waals surface area contributed by atoms with E-state index in [0.29, 0.717) is 12.3 Å². The van der Waals surface area contributed by atoms with Gasteiger partial charge in [0.15, 0.2) is 0 Å². The Morgan fingerprint density at radius 3 is 2.41 bits per heavy atom. The van der Waals surface area contributed by atoms with Crippen LogP contribution in [0.2, 0.25) is 0 Å². The molecule has 22 heavy (non-hydrogen) atoms. The standard InChI is InChI=1S/C19H29NO2/c1-14(2)16-9-11-19(3,12-10-16)22-18(21)17(20)13-15-7-5-4-6-8-15/h4-8,14,16-17H,9-13,20H2,1-3H3/t16?,17-,19?/m0/s1. The van der Waals surface area contributed by atoms with Gasteiger partial charge in [-0.15, -0.1) is 0 Å². The zero-order chi connectivity index (χ0) is 16.2. The van der Waals surface area contributed by atoms with Crippen molar-refractivity contribution in [2.45, 2.75) is 64.5 Å². The molecule has 2 N–H and O–H groups in total. The summed E-state index contributed by atoms with van der Waals surface area (Å²) in [4.78, 5) is 12.3. The van der Waals surface area contributed by atoms with E-state index in [0.717, 1.165) is 37.2 Å². The highest BCUT2D eigenvalue weighted by atomic mass is 16.6. The first-order valence-electron chi connectivity index (χ1n) is 8.42. The Morgan fingerprint density at radius 1 is 1.27 bits per heavy atom. The minimum atomic E-state index is -0.581. The Morgan fingerprint density at radius 2 is 1.86 bits per heavy atom. The Balaban J connectivity index is 1.86.